The molecule has 0 bridgehead atoms. The molecule has 0 fully saturated rings. The van der Waals surface area contributed by atoms with Crippen molar-refractivity contribution in [3.8, 4) is 0 Å². The molecule has 7 nitrogen and oxygen atoms in total. The highest BCUT2D eigenvalue weighted by atomic mass is 79.9. The van der Waals surface area contributed by atoms with Gasteiger partial charge in [-0.1, -0.05) is 45.5 Å². The monoisotopic (exact) mass is 444 g/mol. The van der Waals surface area contributed by atoms with Crippen LogP contribution in [0.2, 0.25) is 0 Å². The van der Waals surface area contributed by atoms with Gasteiger partial charge in [0.2, 0.25) is 0 Å². The van der Waals surface area contributed by atoms with E-state index in [1.165, 1.54) is 17.3 Å². The number of rotatable bonds is 5. The minimum Gasteiger partial charge on any atom is -0.306 e. The van der Waals surface area contributed by atoms with E-state index in [1.807, 2.05) is 18.2 Å². The van der Waals surface area contributed by atoms with Crippen molar-refractivity contribution in [3.05, 3.63) is 86.2 Å². The summed E-state index contributed by atoms with van der Waals surface area (Å²) in [6.45, 7) is 0. The Balaban J connectivity index is 1.84. The van der Waals surface area contributed by atoms with Gasteiger partial charge in [0.25, 0.3) is 0 Å². The van der Waals surface area contributed by atoms with Crippen LogP contribution >= 0.6 is 27.3 Å². The predicted octanol–water partition coefficient (Wildman–Crippen LogP) is 5.49. The molecule has 0 aliphatic carbocycles. The van der Waals surface area contributed by atoms with Crippen molar-refractivity contribution in [2.24, 2.45) is 5.10 Å². The first-order valence-corrected chi connectivity index (χ1v) is 9.34. The Morgan fingerprint density at radius 3 is 2.44 bits per heavy atom. The first kappa shape index (κ1) is 18.7. The summed E-state index contributed by atoms with van der Waals surface area (Å²) in [5, 5.41) is 19.0. The van der Waals surface area contributed by atoms with Crippen LogP contribution in [0.4, 0.5) is 21.2 Å². The topological polar surface area (TPSA) is 87.8 Å². The van der Waals surface area contributed by atoms with E-state index in [9.17, 15) is 14.9 Å². The number of amides is 2. The van der Waals surface area contributed by atoms with Crippen LogP contribution in [0.3, 0.4) is 0 Å². The number of urea groups is 1. The lowest BCUT2D eigenvalue weighted by Gasteiger charge is -2.17. The number of carbonyl (C=O) groups excluding carboxylic acids is 1. The number of hydrogen-bond acceptors (Lipinski definition) is 5. The van der Waals surface area contributed by atoms with Crippen LogP contribution in [0.5, 0.6) is 0 Å². The van der Waals surface area contributed by atoms with Crippen molar-refractivity contribution in [2.45, 2.75) is 0 Å². The van der Waals surface area contributed by atoms with E-state index in [1.54, 1.807) is 42.5 Å². The Labute approximate surface area is 167 Å². The second kappa shape index (κ2) is 8.56. The van der Waals surface area contributed by atoms with Gasteiger partial charge in [0.15, 0.2) is 0 Å². The maximum Gasteiger partial charge on any atom is 0.347 e. The van der Waals surface area contributed by atoms with Crippen LogP contribution in [0.1, 0.15) is 4.88 Å². The number of nitrogens with zero attached hydrogens (tertiary/aromatic N) is 3. The van der Waals surface area contributed by atoms with Gasteiger partial charge < -0.3 is 5.32 Å². The van der Waals surface area contributed by atoms with Crippen LogP contribution in [0.15, 0.2) is 76.3 Å². The normalized spacial score (nSPS) is 10.7. The molecule has 2 aromatic carbocycles. The highest BCUT2D eigenvalue weighted by molar-refractivity contribution is 9.10. The molecule has 136 valence electrons. The first-order valence-electron chi connectivity index (χ1n) is 7.73. The third kappa shape index (κ3) is 4.99. The zero-order valence-electron chi connectivity index (χ0n) is 13.8. The molecule has 2 amide bonds. The molecule has 1 heterocycles. The van der Waals surface area contributed by atoms with Gasteiger partial charge in [0, 0.05) is 16.2 Å². The van der Waals surface area contributed by atoms with Gasteiger partial charge in [-0.05, 0) is 42.5 Å². The van der Waals surface area contributed by atoms with Crippen molar-refractivity contribution >= 4 is 55.9 Å². The van der Waals surface area contributed by atoms with E-state index < -0.39 is 11.0 Å². The van der Waals surface area contributed by atoms with Gasteiger partial charge >= 0.3 is 11.0 Å². The fourth-order valence-electron chi connectivity index (χ4n) is 2.14. The molecule has 0 saturated heterocycles. The van der Waals surface area contributed by atoms with Gasteiger partial charge in [-0.3, -0.25) is 10.1 Å². The molecule has 0 atom stereocenters. The Morgan fingerprint density at radius 2 is 1.81 bits per heavy atom. The van der Waals surface area contributed by atoms with E-state index in [0.717, 1.165) is 15.8 Å². The third-order valence-electron chi connectivity index (χ3n) is 3.38. The molecule has 0 aliphatic rings. The van der Waals surface area contributed by atoms with Crippen molar-refractivity contribution in [1.82, 2.24) is 0 Å². The lowest BCUT2D eigenvalue weighted by molar-refractivity contribution is -0.380. The van der Waals surface area contributed by atoms with E-state index in [2.05, 4.69) is 26.3 Å². The number of nitro groups is 1. The molecule has 0 unspecified atom stereocenters. The number of carbonyl (C=O) groups is 1. The number of nitrogens with one attached hydrogen (secondary N) is 1. The van der Waals surface area contributed by atoms with E-state index in [-0.39, 0.29) is 5.00 Å². The summed E-state index contributed by atoms with van der Waals surface area (Å²) in [6, 6.07) is 18.6. The molecular weight excluding hydrogens is 432 g/mol. The van der Waals surface area contributed by atoms with Crippen molar-refractivity contribution < 1.29 is 9.72 Å². The van der Waals surface area contributed by atoms with Crippen LogP contribution in [-0.4, -0.2) is 17.2 Å². The van der Waals surface area contributed by atoms with Crippen LogP contribution in [0.25, 0.3) is 0 Å². The number of anilines is 2. The molecule has 1 N–H and O–H groups in total. The summed E-state index contributed by atoms with van der Waals surface area (Å²) in [7, 11) is 0. The first-order chi connectivity index (χ1) is 13.0. The van der Waals surface area contributed by atoms with Crippen LogP contribution < -0.4 is 10.3 Å². The van der Waals surface area contributed by atoms with Crippen LogP contribution in [0, 0.1) is 10.1 Å². The van der Waals surface area contributed by atoms with Gasteiger partial charge in [-0.25, -0.2) is 4.79 Å². The SMILES string of the molecule is O=C(Nc1ccc(Br)cc1)N(/N=C/c1ccc([N+](=O)[O-])s1)c1ccccc1. The number of hydrazone groups is 1. The van der Waals surface area contributed by atoms with Gasteiger partial charge in [0.05, 0.1) is 21.7 Å². The number of thiophene rings is 1. The molecule has 0 radical (unpaired) electrons. The molecule has 3 rings (SSSR count). The maximum atomic E-state index is 12.7. The fourth-order valence-corrected chi connectivity index (χ4v) is 3.09. The third-order valence-corrected chi connectivity index (χ3v) is 4.88. The number of benzene rings is 2. The second-order valence-electron chi connectivity index (χ2n) is 5.26. The van der Waals surface area contributed by atoms with E-state index >= 15 is 0 Å². The van der Waals surface area contributed by atoms with Crippen LogP contribution in [-0.2, 0) is 0 Å². The molecular formula is C18H13BrN4O3S. The zero-order chi connectivity index (χ0) is 19.2. The minimum atomic E-state index is -0.461. The highest BCUT2D eigenvalue weighted by Crippen LogP contribution is 2.23. The smallest absolute Gasteiger partial charge is 0.306 e. The Bertz CT molecular complexity index is 974. The molecule has 1 aromatic heterocycles. The van der Waals surface area contributed by atoms with Crippen molar-refractivity contribution in [1.29, 1.82) is 0 Å². The lowest BCUT2D eigenvalue weighted by atomic mass is 10.3. The summed E-state index contributed by atoms with van der Waals surface area (Å²) in [5.74, 6) is 0. The Hall–Kier alpha value is -3.04. The molecule has 0 saturated carbocycles. The minimum absolute atomic E-state index is 0.0158. The molecule has 0 aliphatic heterocycles. The maximum absolute atomic E-state index is 12.7. The van der Waals surface area contributed by atoms with Crippen molar-refractivity contribution in [3.63, 3.8) is 0 Å². The number of hydrogen-bond donors (Lipinski definition) is 1. The van der Waals surface area contributed by atoms with Gasteiger partial charge in [-0.15, -0.1) is 0 Å². The molecule has 0 spiro atoms. The largest absolute Gasteiger partial charge is 0.347 e. The average molecular weight is 445 g/mol. The Kier molecular flexibility index (Phi) is 5.94. The summed E-state index contributed by atoms with van der Waals surface area (Å²) < 4.78 is 0.901. The highest BCUT2D eigenvalue weighted by Gasteiger charge is 2.15. The lowest BCUT2D eigenvalue weighted by Crippen LogP contribution is -2.30. The summed E-state index contributed by atoms with van der Waals surface area (Å²) >= 11 is 4.33. The molecule has 27 heavy (non-hydrogen) atoms. The second-order valence-corrected chi connectivity index (χ2v) is 7.27. The zero-order valence-corrected chi connectivity index (χ0v) is 16.2. The quantitative estimate of drug-likeness (QED) is 0.320. The number of halogens is 1. The van der Waals surface area contributed by atoms with Gasteiger partial charge in [0.1, 0.15) is 0 Å². The Morgan fingerprint density at radius 1 is 1.11 bits per heavy atom. The van der Waals surface area contributed by atoms with Gasteiger partial charge in [-0.2, -0.15) is 10.1 Å². The van der Waals surface area contributed by atoms with E-state index in [4.69, 9.17) is 0 Å². The fraction of sp³-hybridized carbons (Fsp3) is 0. The summed E-state index contributed by atoms with van der Waals surface area (Å²) in [6.07, 6.45) is 1.42. The predicted molar refractivity (Wildman–Crippen MR) is 111 cm³/mol. The molecule has 9 heteroatoms. The summed E-state index contributed by atoms with van der Waals surface area (Å²) in [4.78, 5) is 23.6. The summed E-state index contributed by atoms with van der Waals surface area (Å²) in [5.41, 5.74) is 1.18. The molecule has 3 aromatic rings. The van der Waals surface area contributed by atoms with Crippen molar-refractivity contribution in [2.75, 3.05) is 10.3 Å². The standard InChI is InChI=1S/C18H13BrN4O3S/c19-13-6-8-14(9-7-13)21-18(24)22(15-4-2-1-3-5-15)20-12-16-10-11-17(27-16)23(25)26/h1-12H,(H,21,24)/b20-12+. The number of para-hydroxylation sites is 1. The van der Waals surface area contributed by atoms with E-state index in [0.29, 0.717) is 16.3 Å². The average Bonchev–Trinajstić information content (AvgIpc) is 3.14.